The molecular formula is C21H21N3O3. The lowest BCUT2D eigenvalue weighted by molar-refractivity contribution is -0.126. The molecule has 0 spiro atoms. The normalized spacial score (nSPS) is 14.4. The Labute approximate surface area is 157 Å². The molecule has 1 amide bonds. The summed E-state index contributed by atoms with van der Waals surface area (Å²) in [6.07, 6.45) is 1.60. The van der Waals surface area contributed by atoms with E-state index in [4.69, 9.17) is 4.74 Å². The van der Waals surface area contributed by atoms with Gasteiger partial charge in [-0.05, 0) is 30.3 Å². The quantitative estimate of drug-likeness (QED) is 0.572. The number of para-hydroxylation sites is 1. The highest BCUT2D eigenvalue weighted by molar-refractivity contribution is 6.44. The summed E-state index contributed by atoms with van der Waals surface area (Å²) in [5.41, 5.74) is 2.33. The van der Waals surface area contributed by atoms with E-state index >= 15 is 0 Å². The number of rotatable bonds is 4. The first-order chi connectivity index (χ1) is 13.2. The molecule has 0 saturated carbocycles. The van der Waals surface area contributed by atoms with E-state index < -0.39 is 11.7 Å². The molecule has 0 bridgehead atoms. The highest BCUT2D eigenvalue weighted by Crippen LogP contribution is 2.24. The number of piperazine rings is 1. The Morgan fingerprint density at radius 1 is 1.00 bits per heavy atom. The summed E-state index contributed by atoms with van der Waals surface area (Å²) in [5.74, 6) is -0.283. The molecule has 2 heterocycles. The standard InChI is InChI=1S/C21H21N3O3/c1-27-16-7-8-19-17(13-16)18(14-22-19)20(25)21(26)24-11-9-23(10-12-24)15-5-3-2-4-6-15/h2-8,13-14,22H,9-12H2,1H3. The van der Waals surface area contributed by atoms with Crippen LogP contribution in [0.2, 0.25) is 0 Å². The van der Waals surface area contributed by atoms with E-state index in [2.05, 4.69) is 22.0 Å². The van der Waals surface area contributed by atoms with Gasteiger partial charge in [-0.15, -0.1) is 0 Å². The first-order valence-electron chi connectivity index (χ1n) is 8.96. The lowest BCUT2D eigenvalue weighted by atomic mass is 10.1. The van der Waals surface area contributed by atoms with Gasteiger partial charge in [0.1, 0.15) is 5.75 Å². The van der Waals surface area contributed by atoms with Gasteiger partial charge in [0.15, 0.2) is 0 Å². The number of H-pyrrole nitrogens is 1. The zero-order valence-corrected chi connectivity index (χ0v) is 15.1. The van der Waals surface area contributed by atoms with Crippen LogP contribution in [0.25, 0.3) is 10.9 Å². The maximum atomic E-state index is 12.8. The van der Waals surface area contributed by atoms with Crippen LogP contribution in [-0.4, -0.2) is 54.9 Å². The first kappa shape index (κ1) is 17.1. The summed E-state index contributed by atoms with van der Waals surface area (Å²) in [6, 6.07) is 15.5. The van der Waals surface area contributed by atoms with E-state index in [-0.39, 0.29) is 0 Å². The van der Waals surface area contributed by atoms with Gasteiger partial charge >= 0.3 is 0 Å². The van der Waals surface area contributed by atoms with Crippen LogP contribution in [0.5, 0.6) is 5.75 Å². The molecule has 6 heteroatoms. The van der Waals surface area contributed by atoms with Gasteiger partial charge < -0.3 is 19.5 Å². The average Bonchev–Trinajstić information content (AvgIpc) is 3.16. The van der Waals surface area contributed by atoms with E-state index in [1.807, 2.05) is 30.3 Å². The van der Waals surface area contributed by atoms with Gasteiger partial charge in [-0.3, -0.25) is 9.59 Å². The highest BCUT2D eigenvalue weighted by atomic mass is 16.5. The van der Waals surface area contributed by atoms with Crippen LogP contribution < -0.4 is 9.64 Å². The van der Waals surface area contributed by atoms with Crippen LogP contribution in [0.15, 0.2) is 54.7 Å². The number of hydrogen-bond acceptors (Lipinski definition) is 4. The molecular weight excluding hydrogens is 342 g/mol. The van der Waals surface area contributed by atoms with Gasteiger partial charge in [0.25, 0.3) is 11.7 Å². The topological polar surface area (TPSA) is 65.6 Å². The maximum Gasteiger partial charge on any atom is 0.295 e. The number of amides is 1. The molecule has 2 aromatic carbocycles. The van der Waals surface area contributed by atoms with Gasteiger partial charge in [0.05, 0.1) is 12.7 Å². The predicted molar refractivity (Wildman–Crippen MR) is 104 cm³/mol. The number of hydrogen-bond donors (Lipinski definition) is 1. The molecule has 1 aliphatic rings. The molecule has 27 heavy (non-hydrogen) atoms. The number of aromatic nitrogens is 1. The third-order valence-electron chi connectivity index (χ3n) is 5.02. The first-order valence-corrected chi connectivity index (χ1v) is 8.96. The van der Waals surface area contributed by atoms with Gasteiger partial charge in [-0.1, -0.05) is 18.2 Å². The summed E-state index contributed by atoms with van der Waals surface area (Å²) in [4.78, 5) is 32.5. The lowest BCUT2D eigenvalue weighted by Gasteiger charge is -2.35. The third-order valence-corrected chi connectivity index (χ3v) is 5.02. The van der Waals surface area contributed by atoms with E-state index in [0.717, 1.165) is 11.2 Å². The largest absolute Gasteiger partial charge is 0.497 e. The van der Waals surface area contributed by atoms with Crippen LogP contribution in [0.3, 0.4) is 0 Å². The van der Waals surface area contributed by atoms with Crippen molar-refractivity contribution < 1.29 is 14.3 Å². The Morgan fingerprint density at radius 2 is 1.74 bits per heavy atom. The third kappa shape index (κ3) is 3.26. The second-order valence-corrected chi connectivity index (χ2v) is 6.56. The average molecular weight is 363 g/mol. The van der Waals surface area contributed by atoms with E-state index in [1.54, 1.807) is 24.3 Å². The van der Waals surface area contributed by atoms with Crippen molar-refractivity contribution in [2.75, 3.05) is 38.2 Å². The Balaban J connectivity index is 1.48. The minimum Gasteiger partial charge on any atom is -0.497 e. The van der Waals surface area contributed by atoms with E-state index in [0.29, 0.717) is 42.9 Å². The number of methoxy groups -OCH3 is 1. The number of anilines is 1. The molecule has 3 aromatic rings. The zero-order chi connectivity index (χ0) is 18.8. The molecule has 138 valence electrons. The number of Topliss-reactive ketones (excluding diaryl/α,β-unsaturated/α-hetero) is 1. The fraction of sp³-hybridized carbons (Fsp3) is 0.238. The Morgan fingerprint density at radius 3 is 2.44 bits per heavy atom. The smallest absolute Gasteiger partial charge is 0.295 e. The van der Waals surface area contributed by atoms with E-state index in [1.165, 1.54) is 0 Å². The number of carbonyl (C=O) groups excluding carboxylic acids is 2. The Kier molecular flexibility index (Phi) is 4.54. The number of aromatic amines is 1. The van der Waals surface area contributed by atoms with Gasteiger partial charge in [-0.2, -0.15) is 0 Å². The van der Waals surface area contributed by atoms with Crippen molar-refractivity contribution in [2.24, 2.45) is 0 Å². The molecule has 1 fully saturated rings. The summed E-state index contributed by atoms with van der Waals surface area (Å²) in [7, 11) is 1.58. The number of nitrogens with zero attached hydrogens (tertiary/aromatic N) is 2. The summed E-state index contributed by atoms with van der Waals surface area (Å²) in [5, 5.41) is 0.704. The Bertz CT molecular complexity index is 973. The number of carbonyl (C=O) groups is 2. The summed E-state index contributed by atoms with van der Waals surface area (Å²) >= 11 is 0. The van der Waals surface area contributed by atoms with Crippen molar-refractivity contribution in [3.8, 4) is 5.75 Å². The minimum atomic E-state index is -0.484. The number of ether oxygens (including phenoxy) is 1. The molecule has 6 nitrogen and oxygen atoms in total. The molecule has 0 unspecified atom stereocenters. The minimum absolute atomic E-state index is 0.388. The number of fused-ring (bicyclic) bond motifs is 1. The number of benzene rings is 2. The molecule has 1 saturated heterocycles. The molecule has 4 rings (SSSR count). The Hall–Kier alpha value is -3.28. The van der Waals surface area contributed by atoms with Crippen molar-refractivity contribution in [3.63, 3.8) is 0 Å². The van der Waals surface area contributed by atoms with Crippen molar-refractivity contribution in [1.82, 2.24) is 9.88 Å². The molecule has 1 aliphatic heterocycles. The number of ketones is 1. The second-order valence-electron chi connectivity index (χ2n) is 6.56. The van der Waals surface area contributed by atoms with Crippen molar-refractivity contribution >= 4 is 28.3 Å². The molecule has 0 aliphatic carbocycles. The molecule has 0 atom stereocenters. The maximum absolute atomic E-state index is 12.8. The monoisotopic (exact) mass is 363 g/mol. The SMILES string of the molecule is COc1ccc2[nH]cc(C(=O)C(=O)N3CCN(c4ccccc4)CC3)c2c1. The van der Waals surface area contributed by atoms with Crippen molar-refractivity contribution in [3.05, 3.63) is 60.3 Å². The zero-order valence-electron chi connectivity index (χ0n) is 15.1. The highest BCUT2D eigenvalue weighted by Gasteiger charge is 2.28. The van der Waals surface area contributed by atoms with Crippen LogP contribution in [0.1, 0.15) is 10.4 Å². The van der Waals surface area contributed by atoms with Crippen LogP contribution >= 0.6 is 0 Å². The molecule has 1 aromatic heterocycles. The van der Waals surface area contributed by atoms with Gasteiger partial charge in [0, 0.05) is 49.0 Å². The van der Waals surface area contributed by atoms with Gasteiger partial charge in [-0.25, -0.2) is 0 Å². The van der Waals surface area contributed by atoms with Crippen LogP contribution in [-0.2, 0) is 4.79 Å². The second kappa shape index (κ2) is 7.15. The summed E-state index contributed by atoms with van der Waals surface area (Å²) < 4.78 is 5.23. The predicted octanol–water partition coefficient (Wildman–Crippen LogP) is 2.71. The van der Waals surface area contributed by atoms with Crippen molar-refractivity contribution in [2.45, 2.75) is 0 Å². The fourth-order valence-corrected chi connectivity index (χ4v) is 3.48. The van der Waals surface area contributed by atoms with Crippen LogP contribution in [0, 0.1) is 0 Å². The van der Waals surface area contributed by atoms with Crippen LogP contribution in [0.4, 0.5) is 5.69 Å². The van der Waals surface area contributed by atoms with Crippen molar-refractivity contribution in [1.29, 1.82) is 0 Å². The molecule has 1 N–H and O–H groups in total. The summed E-state index contributed by atoms with van der Waals surface area (Å²) in [6.45, 7) is 2.49. The number of nitrogens with one attached hydrogen (secondary N) is 1. The fourth-order valence-electron chi connectivity index (χ4n) is 3.48. The van der Waals surface area contributed by atoms with Gasteiger partial charge in [0.2, 0.25) is 0 Å². The lowest BCUT2D eigenvalue weighted by Crippen LogP contribution is -2.50. The molecule has 0 radical (unpaired) electrons. The van der Waals surface area contributed by atoms with E-state index in [9.17, 15) is 9.59 Å².